The van der Waals surface area contributed by atoms with Gasteiger partial charge in [0.2, 0.25) is 5.91 Å². The summed E-state index contributed by atoms with van der Waals surface area (Å²) in [4.78, 5) is 38.7. The Morgan fingerprint density at radius 1 is 1.23 bits per heavy atom. The molecule has 1 aromatic carbocycles. The van der Waals surface area contributed by atoms with E-state index in [-0.39, 0.29) is 34.8 Å². The van der Waals surface area contributed by atoms with Crippen LogP contribution in [0, 0.1) is 11.6 Å². The molecular weight excluding hydrogens is 554 g/mol. The summed E-state index contributed by atoms with van der Waals surface area (Å²) in [5.74, 6) is -2.26. The fourth-order valence-corrected chi connectivity index (χ4v) is 5.84. The average Bonchev–Trinajstić information content (AvgIpc) is 2.96. The normalized spacial score (nSPS) is 19.3. The smallest absolute Gasteiger partial charge is 0.355 e. The number of phenols is 1. The molecule has 5 rings (SSSR count). The Balaban J connectivity index is 1.82. The molecule has 0 spiro atoms. The highest BCUT2D eigenvalue weighted by Gasteiger charge is 2.31. The van der Waals surface area contributed by atoms with Crippen LogP contribution in [0.25, 0.3) is 28.0 Å². The van der Waals surface area contributed by atoms with Crippen molar-refractivity contribution in [2.45, 2.75) is 45.7 Å². The number of piperazine rings is 1. The summed E-state index contributed by atoms with van der Waals surface area (Å²) in [5, 5.41) is 10.7. The van der Waals surface area contributed by atoms with Crippen LogP contribution < -0.4 is 16.3 Å². The lowest BCUT2D eigenvalue weighted by molar-refractivity contribution is -0.126. The monoisotopic (exact) mass is 588 g/mol. The predicted molar refractivity (Wildman–Crippen MR) is 163 cm³/mol. The third-order valence-corrected chi connectivity index (χ3v) is 7.79. The number of rotatable bonds is 6. The van der Waals surface area contributed by atoms with Gasteiger partial charge in [-0.1, -0.05) is 37.8 Å². The number of pyridine rings is 1. The maximum Gasteiger partial charge on any atom is 0.355 e. The van der Waals surface area contributed by atoms with Gasteiger partial charge in [-0.3, -0.25) is 4.79 Å². The highest BCUT2D eigenvalue weighted by atomic mass is 19.1. The van der Waals surface area contributed by atoms with Crippen LogP contribution in [0.2, 0.25) is 0 Å². The van der Waals surface area contributed by atoms with Gasteiger partial charge in [0.15, 0.2) is 11.5 Å². The molecule has 2 aromatic heterocycles. The van der Waals surface area contributed by atoms with Crippen LogP contribution in [0.15, 0.2) is 71.1 Å². The highest BCUT2D eigenvalue weighted by Crippen LogP contribution is 2.37. The molecule has 0 radical (unpaired) electrons. The molecule has 0 bridgehead atoms. The number of aromatic nitrogens is 3. The van der Waals surface area contributed by atoms with Gasteiger partial charge in [0.05, 0.1) is 16.6 Å². The zero-order valence-corrected chi connectivity index (χ0v) is 24.3. The Morgan fingerprint density at radius 3 is 2.67 bits per heavy atom. The lowest BCUT2D eigenvalue weighted by Crippen LogP contribution is -2.54. The number of carbonyl (C=O) groups is 1. The minimum atomic E-state index is -0.896. The first kappa shape index (κ1) is 29.8. The number of hydrogen-bond acceptors (Lipinski definition) is 7. The van der Waals surface area contributed by atoms with Crippen LogP contribution in [0.3, 0.4) is 0 Å². The van der Waals surface area contributed by atoms with Gasteiger partial charge in [0.25, 0.3) is 0 Å². The molecule has 224 valence electrons. The van der Waals surface area contributed by atoms with Crippen LogP contribution in [-0.4, -0.2) is 62.2 Å². The standard InChI is InChI=1S/C32H34F2N6O3/c1-5-7-9-20-15-21(35)14-18(3)29(20)40-31-22(16-24(34)28(36-31)27-23(33)10-8-11-25(27)41)30(37-32(40)43)39-13-12-38(17-19(39)4)26(42)6-2/h6-11,14,16,19,21,41H,2,5,12-13,15,17,35H2,1,3-4H3/b9-7+/t19-,21?/m0/s1. The summed E-state index contributed by atoms with van der Waals surface area (Å²) < 4.78 is 32.2. The van der Waals surface area contributed by atoms with E-state index in [2.05, 4.69) is 16.5 Å². The minimum absolute atomic E-state index is 0.0477. The molecule has 0 saturated carbocycles. The van der Waals surface area contributed by atoms with Crippen LogP contribution in [0.5, 0.6) is 5.75 Å². The van der Waals surface area contributed by atoms with Gasteiger partial charge in [-0.25, -0.2) is 23.1 Å². The average molecular weight is 589 g/mol. The van der Waals surface area contributed by atoms with Crippen molar-refractivity contribution in [1.29, 1.82) is 0 Å². The Morgan fingerprint density at radius 2 is 2.00 bits per heavy atom. The molecule has 9 nitrogen and oxygen atoms in total. The summed E-state index contributed by atoms with van der Waals surface area (Å²) >= 11 is 0. The number of allylic oxidation sites excluding steroid dienone is 4. The van der Waals surface area contributed by atoms with E-state index >= 15 is 4.39 Å². The van der Waals surface area contributed by atoms with Crippen molar-refractivity contribution in [3.63, 3.8) is 0 Å². The van der Waals surface area contributed by atoms with E-state index in [1.807, 2.05) is 43.9 Å². The van der Waals surface area contributed by atoms with Crippen molar-refractivity contribution in [3.05, 3.63) is 88.4 Å². The van der Waals surface area contributed by atoms with Crippen molar-refractivity contribution in [2.24, 2.45) is 5.73 Å². The van der Waals surface area contributed by atoms with Crippen molar-refractivity contribution in [2.75, 3.05) is 24.5 Å². The largest absolute Gasteiger partial charge is 0.507 e. The summed E-state index contributed by atoms with van der Waals surface area (Å²) in [6.45, 7) is 10.3. The fourth-order valence-electron chi connectivity index (χ4n) is 5.84. The summed E-state index contributed by atoms with van der Waals surface area (Å²) in [5.41, 5.74) is 6.81. The van der Waals surface area contributed by atoms with E-state index < -0.39 is 34.3 Å². The molecule has 11 heteroatoms. The lowest BCUT2D eigenvalue weighted by Gasteiger charge is -2.40. The van der Waals surface area contributed by atoms with E-state index in [0.29, 0.717) is 37.3 Å². The number of hydrogen-bond donors (Lipinski definition) is 2. The third-order valence-electron chi connectivity index (χ3n) is 7.79. The first-order valence-electron chi connectivity index (χ1n) is 14.2. The van der Waals surface area contributed by atoms with Gasteiger partial charge in [-0.2, -0.15) is 4.98 Å². The van der Waals surface area contributed by atoms with E-state index in [0.717, 1.165) is 18.1 Å². The third kappa shape index (κ3) is 5.48. The molecule has 43 heavy (non-hydrogen) atoms. The second-order valence-corrected chi connectivity index (χ2v) is 10.8. The number of phenolic OH excluding ortho intramolecular Hbond substituents is 1. The van der Waals surface area contributed by atoms with Gasteiger partial charge in [-0.05, 0) is 62.1 Å². The molecule has 1 saturated heterocycles. The Kier molecular flexibility index (Phi) is 8.27. The minimum Gasteiger partial charge on any atom is -0.507 e. The Bertz CT molecular complexity index is 1760. The van der Waals surface area contributed by atoms with E-state index in [4.69, 9.17) is 5.73 Å². The summed E-state index contributed by atoms with van der Waals surface area (Å²) in [6.07, 6.45) is 8.15. The molecule has 3 aromatic rings. The number of carbonyl (C=O) groups excluding carboxylic acids is 1. The first-order chi connectivity index (χ1) is 20.5. The zero-order chi connectivity index (χ0) is 31.0. The van der Waals surface area contributed by atoms with Crippen LogP contribution in [0.4, 0.5) is 14.6 Å². The first-order valence-corrected chi connectivity index (χ1v) is 14.2. The number of anilines is 1. The Hall–Kier alpha value is -4.64. The number of nitrogens with two attached hydrogens (primary N) is 1. The summed E-state index contributed by atoms with van der Waals surface area (Å²) in [7, 11) is 0. The van der Waals surface area contributed by atoms with E-state index in [9.17, 15) is 19.1 Å². The van der Waals surface area contributed by atoms with Crippen LogP contribution >= 0.6 is 0 Å². The number of fused-ring (bicyclic) bond motifs is 1. The van der Waals surface area contributed by atoms with Crippen molar-refractivity contribution in [3.8, 4) is 17.0 Å². The molecule has 3 N–H and O–H groups in total. The molecule has 2 aliphatic rings. The predicted octanol–water partition coefficient (Wildman–Crippen LogP) is 4.52. The second kappa shape index (κ2) is 11.9. The van der Waals surface area contributed by atoms with Crippen molar-refractivity contribution >= 4 is 28.5 Å². The van der Waals surface area contributed by atoms with Gasteiger partial charge in [-0.15, -0.1) is 0 Å². The maximum atomic E-state index is 15.9. The molecule has 3 heterocycles. The van der Waals surface area contributed by atoms with E-state index in [1.165, 1.54) is 28.8 Å². The van der Waals surface area contributed by atoms with Crippen molar-refractivity contribution < 1.29 is 18.7 Å². The Labute approximate surface area is 248 Å². The molecule has 1 amide bonds. The molecule has 2 atom stereocenters. The summed E-state index contributed by atoms with van der Waals surface area (Å²) in [6, 6.07) is 4.26. The number of aromatic hydroxyl groups is 1. The highest BCUT2D eigenvalue weighted by molar-refractivity contribution is 5.93. The van der Waals surface area contributed by atoms with Gasteiger partial charge in [0, 0.05) is 31.7 Å². The zero-order valence-electron chi connectivity index (χ0n) is 24.3. The number of benzene rings is 1. The molecule has 1 unspecified atom stereocenters. The van der Waals surface area contributed by atoms with E-state index in [1.54, 1.807) is 4.90 Å². The molecule has 1 aliphatic heterocycles. The van der Waals surface area contributed by atoms with Gasteiger partial charge in [0.1, 0.15) is 23.1 Å². The SMILES string of the molecule is C=CC(=O)N1CCN(c2nc(=O)n(C3=C(/C=C/CC)CC(N)C=C3C)c3nc(-c4c(O)cccc4F)c(F)cc23)[C@@H](C)C1. The van der Waals surface area contributed by atoms with Gasteiger partial charge < -0.3 is 20.6 Å². The topological polar surface area (TPSA) is 118 Å². The lowest BCUT2D eigenvalue weighted by atomic mass is 9.92. The van der Waals surface area contributed by atoms with Crippen LogP contribution in [0.1, 0.15) is 33.6 Å². The quantitative estimate of drug-likeness (QED) is 0.407. The maximum absolute atomic E-state index is 15.9. The second-order valence-electron chi connectivity index (χ2n) is 10.8. The molecule has 1 aliphatic carbocycles. The molecular formula is C32H34F2N6O3. The molecule has 1 fully saturated rings. The van der Waals surface area contributed by atoms with Crippen molar-refractivity contribution in [1.82, 2.24) is 19.4 Å². The number of halogens is 2. The van der Waals surface area contributed by atoms with Crippen LogP contribution in [-0.2, 0) is 4.79 Å². The number of amides is 1. The number of nitrogens with zero attached hydrogens (tertiary/aromatic N) is 5. The van der Waals surface area contributed by atoms with Gasteiger partial charge >= 0.3 is 5.69 Å². The fraction of sp³-hybridized carbons (Fsp3) is 0.312.